The van der Waals surface area contributed by atoms with Crippen molar-refractivity contribution < 1.29 is 14.5 Å². The Morgan fingerprint density at radius 2 is 2.35 bits per heavy atom. The zero-order valence-electron chi connectivity index (χ0n) is 9.54. The summed E-state index contributed by atoms with van der Waals surface area (Å²) < 4.78 is 4.79. The van der Waals surface area contributed by atoms with Gasteiger partial charge in [-0.25, -0.2) is 0 Å². The molecule has 1 heterocycles. The highest BCUT2D eigenvalue weighted by atomic mass is 16.6. The first-order valence-corrected chi connectivity index (χ1v) is 5.31. The predicted molar refractivity (Wildman–Crippen MR) is 60.1 cm³/mol. The van der Waals surface area contributed by atoms with E-state index in [1.807, 2.05) is 0 Å². The fourth-order valence-electron chi connectivity index (χ4n) is 1.48. The molecule has 1 atom stereocenters. The number of esters is 1. The lowest BCUT2D eigenvalue weighted by Crippen LogP contribution is -2.18. The van der Waals surface area contributed by atoms with Crippen molar-refractivity contribution in [1.82, 2.24) is 4.98 Å². The molecule has 0 spiro atoms. The molecule has 0 saturated carbocycles. The van der Waals surface area contributed by atoms with E-state index < -0.39 is 16.8 Å². The number of ether oxygens (including phenoxy) is 1. The number of aromatic nitrogens is 1. The minimum atomic E-state index is -0.537. The van der Waals surface area contributed by atoms with Crippen LogP contribution in [0.25, 0.3) is 0 Å². The third-order valence-corrected chi connectivity index (χ3v) is 2.19. The second-order valence-electron chi connectivity index (χ2n) is 3.48. The highest BCUT2D eigenvalue weighted by Gasteiger charge is 2.23. The average Bonchev–Trinajstić information content (AvgIpc) is 2.29. The Hall–Kier alpha value is -1.98. The smallest absolute Gasteiger partial charge is 0.306 e. The number of carbonyl (C=O) groups excluding carboxylic acids is 1. The first-order chi connectivity index (χ1) is 8.13. The number of pyridine rings is 1. The molecular weight excluding hydrogens is 224 g/mol. The van der Waals surface area contributed by atoms with Crippen molar-refractivity contribution in [3.05, 3.63) is 40.2 Å². The number of hydrogen-bond donors (Lipinski definition) is 0. The first kappa shape index (κ1) is 13.1. The van der Waals surface area contributed by atoms with Crippen LogP contribution in [0, 0.1) is 10.1 Å². The Bertz CT molecular complexity index is 380. The van der Waals surface area contributed by atoms with Gasteiger partial charge in [0.25, 0.3) is 0 Å². The molecule has 17 heavy (non-hydrogen) atoms. The van der Waals surface area contributed by atoms with E-state index in [1.54, 1.807) is 31.3 Å². The van der Waals surface area contributed by atoms with Crippen LogP contribution >= 0.6 is 0 Å². The van der Waals surface area contributed by atoms with E-state index in [4.69, 9.17) is 4.74 Å². The van der Waals surface area contributed by atoms with E-state index in [0.29, 0.717) is 5.69 Å². The van der Waals surface area contributed by atoms with Crippen LogP contribution in [-0.4, -0.2) is 29.0 Å². The van der Waals surface area contributed by atoms with Crippen molar-refractivity contribution in [2.24, 2.45) is 0 Å². The normalized spacial score (nSPS) is 11.8. The average molecular weight is 238 g/mol. The van der Waals surface area contributed by atoms with Gasteiger partial charge < -0.3 is 4.74 Å². The van der Waals surface area contributed by atoms with Crippen molar-refractivity contribution in [1.29, 1.82) is 0 Å². The molecule has 1 aromatic heterocycles. The quantitative estimate of drug-likeness (QED) is 0.425. The van der Waals surface area contributed by atoms with Gasteiger partial charge >= 0.3 is 5.97 Å². The molecule has 0 bridgehead atoms. The summed E-state index contributed by atoms with van der Waals surface area (Å²) in [4.78, 5) is 25.5. The maximum atomic E-state index is 11.3. The van der Waals surface area contributed by atoms with Crippen LogP contribution in [0.5, 0.6) is 0 Å². The number of nitrogens with zero attached hydrogens (tertiary/aromatic N) is 2. The van der Waals surface area contributed by atoms with Crippen LogP contribution in [0.2, 0.25) is 0 Å². The van der Waals surface area contributed by atoms with E-state index in [-0.39, 0.29) is 19.6 Å². The monoisotopic (exact) mass is 238 g/mol. The molecule has 92 valence electrons. The maximum absolute atomic E-state index is 11.3. The molecule has 0 N–H and O–H groups in total. The Kier molecular flexibility index (Phi) is 5.06. The summed E-state index contributed by atoms with van der Waals surface area (Å²) in [7, 11) is 0. The van der Waals surface area contributed by atoms with Crippen molar-refractivity contribution in [3.8, 4) is 0 Å². The zero-order chi connectivity index (χ0) is 12.7. The van der Waals surface area contributed by atoms with Crippen LogP contribution in [0.4, 0.5) is 0 Å². The van der Waals surface area contributed by atoms with Gasteiger partial charge in [-0.1, -0.05) is 6.07 Å². The molecule has 0 radical (unpaired) electrons. The van der Waals surface area contributed by atoms with Crippen molar-refractivity contribution in [2.75, 3.05) is 13.2 Å². The summed E-state index contributed by atoms with van der Waals surface area (Å²) >= 11 is 0. The molecule has 0 fully saturated rings. The summed E-state index contributed by atoms with van der Waals surface area (Å²) in [6, 6.07) is 5.13. The predicted octanol–water partition coefficient (Wildman–Crippen LogP) is 1.40. The van der Waals surface area contributed by atoms with E-state index in [2.05, 4.69) is 4.98 Å². The van der Waals surface area contributed by atoms with E-state index in [9.17, 15) is 14.9 Å². The van der Waals surface area contributed by atoms with Crippen LogP contribution in [0.3, 0.4) is 0 Å². The minimum absolute atomic E-state index is 0.0220. The van der Waals surface area contributed by atoms with Gasteiger partial charge in [0, 0.05) is 11.1 Å². The topological polar surface area (TPSA) is 82.3 Å². The largest absolute Gasteiger partial charge is 0.466 e. The van der Waals surface area contributed by atoms with Gasteiger partial charge in [-0.15, -0.1) is 0 Å². The fraction of sp³-hybridized carbons (Fsp3) is 0.455. The molecule has 1 rings (SSSR count). The highest BCUT2D eigenvalue weighted by Crippen LogP contribution is 2.18. The van der Waals surface area contributed by atoms with Gasteiger partial charge in [0.15, 0.2) is 0 Å². The van der Waals surface area contributed by atoms with Gasteiger partial charge in [0.1, 0.15) is 0 Å². The molecule has 0 amide bonds. The second-order valence-corrected chi connectivity index (χ2v) is 3.48. The summed E-state index contributed by atoms with van der Waals surface area (Å²) in [6.45, 7) is 1.64. The van der Waals surface area contributed by atoms with Crippen LogP contribution in [0.1, 0.15) is 25.0 Å². The number of rotatable bonds is 6. The Morgan fingerprint density at radius 3 is 2.88 bits per heavy atom. The number of nitro groups is 1. The molecular formula is C11H14N2O4. The fourth-order valence-corrected chi connectivity index (χ4v) is 1.48. The molecule has 0 saturated heterocycles. The van der Waals surface area contributed by atoms with E-state index in [1.165, 1.54) is 0 Å². The van der Waals surface area contributed by atoms with Crippen LogP contribution < -0.4 is 0 Å². The molecule has 6 nitrogen and oxygen atoms in total. The lowest BCUT2D eigenvalue weighted by Gasteiger charge is -2.11. The van der Waals surface area contributed by atoms with Gasteiger partial charge in [-0.2, -0.15) is 0 Å². The lowest BCUT2D eigenvalue weighted by atomic mass is 10.0. The third kappa shape index (κ3) is 4.58. The van der Waals surface area contributed by atoms with Crippen LogP contribution in [-0.2, 0) is 9.53 Å². The highest BCUT2D eigenvalue weighted by molar-refractivity contribution is 5.70. The Morgan fingerprint density at radius 1 is 1.59 bits per heavy atom. The molecule has 0 aliphatic rings. The summed E-state index contributed by atoms with van der Waals surface area (Å²) in [5.74, 6) is -0.977. The molecule has 6 heteroatoms. The van der Waals surface area contributed by atoms with E-state index >= 15 is 0 Å². The second kappa shape index (κ2) is 6.57. The molecule has 1 unspecified atom stereocenters. The number of carbonyl (C=O) groups is 1. The minimum Gasteiger partial charge on any atom is -0.466 e. The van der Waals surface area contributed by atoms with Crippen molar-refractivity contribution in [3.63, 3.8) is 0 Å². The molecule has 0 aromatic carbocycles. The SMILES string of the molecule is CCOC(=O)CC(C[N+](=O)[O-])c1ccccn1. The zero-order valence-corrected chi connectivity index (χ0v) is 9.54. The lowest BCUT2D eigenvalue weighted by molar-refractivity contribution is -0.483. The number of hydrogen-bond acceptors (Lipinski definition) is 5. The Labute approximate surface area is 98.8 Å². The van der Waals surface area contributed by atoms with Gasteiger partial charge in [0.05, 0.1) is 24.6 Å². The van der Waals surface area contributed by atoms with E-state index in [0.717, 1.165) is 0 Å². The molecule has 0 aliphatic carbocycles. The summed E-state index contributed by atoms with van der Waals surface area (Å²) in [6.07, 6.45) is 1.53. The molecule has 1 aromatic rings. The Balaban J connectivity index is 2.74. The van der Waals surface area contributed by atoms with Gasteiger partial charge in [0.2, 0.25) is 6.54 Å². The summed E-state index contributed by atoms with van der Waals surface area (Å²) in [5.41, 5.74) is 0.539. The first-order valence-electron chi connectivity index (χ1n) is 5.31. The third-order valence-electron chi connectivity index (χ3n) is 2.19. The van der Waals surface area contributed by atoms with Gasteiger partial charge in [-0.3, -0.25) is 19.9 Å². The summed E-state index contributed by atoms with van der Waals surface area (Å²) in [5, 5.41) is 10.5. The standard InChI is InChI=1S/C11H14N2O4/c1-2-17-11(14)7-9(8-13(15)16)10-5-3-4-6-12-10/h3-6,9H,2,7-8H2,1H3. The van der Waals surface area contributed by atoms with Crippen molar-refractivity contribution >= 4 is 5.97 Å². The molecule has 0 aliphatic heterocycles. The van der Waals surface area contributed by atoms with Gasteiger partial charge in [-0.05, 0) is 19.1 Å². The van der Waals surface area contributed by atoms with Crippen LogP contribution in [0.15, 0.2) is 24.4 Å². The maximum Gasteiger partial charge on any atom is 0.306 e. The van der Waals surface area contributed by atoms with Crippen molar-refractivity contribution in [2.45, 2.75) is 19.3 Å².